The Balaban J connectivity index is 1.81. The molecule has 106 valence electrons. The maximum absolute atomic E-state index is 13.4. The molecule has 0 heterocycles. The molecule has 2 aromatic rings. The third kappa shape index (κ3) is 4.32. The van der Waals surface area contributed by atoms with Crippen LogP contribution in [0.1, 0.15) is 12.0 Å². The molecule has 0 saturated carbocycles. The minimum atomic E-state index is -0.254. The van der Waals surface area contributed by atoms with Gasteiger partial charge in [-0.1, -0.05) is 30.3 Å². The van der Waals surface area contributed by atoms with Crippen LogP contribution in [0.3, 0.4) is 0 Å². The minimum Gasteiger partial charge on any atom is -0.494 e. The van der Waals surface area contributed by atoms with Crippen LogP contribution in [0.25, 0.3) is 0 Å². The van der Waals surface area contributed by atoms with Gasteiger partial charge in [0, 0.05) is 6.04 Å². The summed E-state index contributed by atoms with van der Waals surface area (Å²) in [7, 11) is 0. The number of hydrogen-bond acceptors (Lipinski definition) is 2. The summed E-state index contributed by atoms with van der Waals surface area (Å²) in [5.74, 6) is 0.585. The van der Waals surface area contributed by atoms with Crippen molar-refractivity contribution >= 4 is 15.9 Å². The second-order valence-electron chi connectivity index (χ2n) is 4.63. The maximum Gasteiger partial charge on any atom is 0.137 e. The molecule has 0 bridgehead atoms. The average molecular weight is 338 g/mol. The summed E-state index contributed by atoms with van der Waals surface area (Å²) >= 11 is 3.25. The van der Waals surface area contributed by atoms with Crippen molar-refractivity contribution in [2.75, 3.05) is 6.61 Å². The van der Waals surface area contributed by atoms with Crippen LogP contribution in [0, 0.1) is 5.82 Å². The second-order valence-corrected chi connectivity index (χ2v) is 5.42. The van der Waals surface area contributed by atoms with Gasteiger partial charge < -0.3 is 10.5 Å². The van der Waals surface area contributed by atoms with Crippen LogP contribution in [-0.4, -0.2) is 12.6 Å². The first kappa shape index (κ1) is 15.0. The number of para-hydroxylation sites is 1. The number of halogens is 2. The topological polar surface area (TPSA) is 35.2 Å². The molecule has 0 radical (unpaired) electrons. The SMILES string of the molecule is NC(CCOc1ccccc1)Cc1cccc(F)c1Br. The monoisotopic (exact) mass is 337 g/mol. The van der Waals surface area contributed by atoms with E-state index in [0.29, 0.717) is 17.5 Å². The van der Waals surface area contributed by atoms with Gasteiger partial charge in [-0.15, -0.1) is 0 Å². The zero-order valence-electron chi connectivity index (χ0n) is 11.1. The molecule has 1 unspecified atom stereocenters. The largest absolute Gasteiger partial charge is 0.494 e. The number of ether oxygens (including phenoxy) is 1. The van der Waals surface area contributed by atoms with E-state index in [1.165, 1.54) is 6.07 Å². The van der Waals surface area contributed by atoms with Crippen LogP contribution >= 0.6 is 15.9 Å². The first-order valence-electron chi connectivity index (χ1n) is 6.53. The van der Waals surface area contributed by atoms with Crippen molar-refractivity contribution in [2.24, 2.45) is 5.73 Å². The lowest BCUT2D eigenvalue weighted by Crippen LogP contribution is -2.25. The van der Waals surface area contributed by atoms with Crippen molar-refractivity contribution in [3.63, 3.8) is 0 Å². The van der Waals surface area contributed by atoms with E-state index >= 15 is 0 Å². The van der Waals surface area contributed by atoms with Gasteiger partial charge in [-0.05, 0) is 52.5 Å². The van der Waals surface area contributed by atoms with Gasteiger partial charge in [0.25, 0.3) is 0 Å². The number of hydrogen-bond donors (Lipinski definition) is 1. The lowest BCUT2D eigenvalue weighted by Gasteiger charge is -2.14. The smallest absolute Gasteiger partial charge is 0.137 e. The van der Waals surface area contributed by atoms with Crippen molar-refractivity contribution in [3.8, 4) is 5.75 Å². The Morgan fingerprint density at radius 1 is 1.10 bits per heavy atom. The zero-order chi connectivity index (χ0) is 14.4. The highest BCUT2D eigenvalue weighted by Crippen LogP contribution is 2.21. The van der Waals surface area contributed by atoms with Crippen LogP contribution in [0.15, 0.2) is 53.0 Å². The molecular formula is C16H17BrFNO. The summed E-state index contributed by atoms with van der Waals surface area (Å²) in [6, 6.07) is 14.6. The van der Waals surface area contributed by atoms with Crippen molar-refractivity contribution in [1.29, 1.82) is 0 Å². The number of rotatable bonds is 6. The van der Waals surface area contributed by atoms with E-state index in [9.17, 15) is 4.39 Å². The van der Waals surface area contributed by atoms with Gasteiger partial charge in [-0.3, -0.25) is 0 Å². The highest BCUT2D eigenvalue weighted by atomic mass is 79.9. The zero-order valence-corrected chi connectivity index (χ0v) is 12.6. The van der Waals surface area contributed by atoms with E-state index < -0.39 is 0 Å². The molecule has 2 nitrogen and oxygen atoms in total. The molecule has 0 aliphatic rings. The fourth-order valence-electron chi connectivity index (χ4n) is 1.94. The standard InChI is InChI=1S/C16H17BrFNO/c17-16-12(5-4-8-15(16)18)11-13(19)9-10-20-14-6-2-1-3-7-14/h1-8,13H,9-11,19H2. The first-order chi connectivity index (χ1) is 9.66. The Hall–Kier alpha value is -1.39. The highest BCUT2D eigenvalue weighted by Gasteiger charge is 2.10. The van der Waals surface area contributed by atoms with Gasteiger partial charge in [0.15, 0.2) is 0 Å². The molecule has 0 aliphatic carbocycles. The molecule has 20 heavy (non-hydrogen) atoms. The van der Waals surface area contributed by atoms with Crippen LogP contribution < -0.4 is 10.5 Å². The summed E-state index contributed by atoms with van der Waals surface area (Å²) in [4.78, 5) is 0. The highest BCUT2D eigenvalue weighted by molar-refractivity contribution is 9.10. The molecule has 2 rings (SSSR count). The Morgan fingerprint density at radius 2 is 1.85 bits per heavy atom. The van der Waals surface area contributed by atoms with Gasteiger partial charge in [-0.2, -0.15) is 0 Å². The molecule has 2 aromatic carbocycles. The molecule has 0 saturated heterocycles. The minimum absolute atomic E-state index is 0.0585. The van der Waals surface area contributed by atoms with Gasteiger partial charge in [0.05, 0.1) is 11.1 Å². The summed E-state index contributed by atoms with van der Waals surface area (Å²) in [6.07, 6.45) is 1.34. The van der Waals surface area contributed by atoms with E-state index in [-0.39, 0.29) is 11.9 Å². The van der Waals surface area contributed by atoms with Gasteiger partial charge in [0.2, 0.25) is 0 Å². The summed E-state index contributed by atoms with van der Waals surface area (Å²) in [6.45, 7) is 0.554. The number of benzene rings is 2. The van der Waals surface area contributed by atoms with Gasteiger partial charge in [0.1, 0.15) is 11.6 Å². The molecule has 4 heteroatoms. The average Bonchev–Trinajstić information content (AvgIpc) is 2.45. The first-order valence-corrected chi connectivity index (χ1v) is 7.32. The predicted molar refractivity (Wildman–Crippen MR) is 82.3 cm³/mol. The van der Waals surface area contributed by atoms with Crippen molar-refractivity contribution in [2.45, 2.75) is 18.9 Å². The van der Waals surface area contributed by atoms with Crippen LogP contribution in [0.5, 0.6) is 5.75 Å². The van der Waals surface area contributed by atoms with Crippen molar-refractivity contribution < 1.29 is 9.13 Å². The normalized spacial score (nSPS) is 12.2. The molecule has 0 aliphatic heterocycles. The van der Waals surface area contributed by atoms with Gasteiger partial charge >= 0.3 is 0 Å². The second kappa shape index (κ2) is 7.41. The van der Waals surface area contributed by atoms with E-state index in [1.807, 2.05) is 36.4 Å². The van der Waals surface area contributed by atoms with E-state index in [0.717, 1.165) is 17.7 Å². The summed E-state index contributed by atoms with van der Waals surface area (Å²) in [5, 5.41) is 0. The maximum atomic E-state index is 13.4. The van der Waals surface area contributed by atoms with E-state index in [1.54, 1.807) is 6.07 Å². The van der Waals surface area contributed by atoms with Crippen LogP contribution in [0.4, 0.5) is 4.39 Å². The third-order valence-electron chi connectivity index (χ3n) is 3.01. The molecule has 2 N–H and O–H groups in total. The Bertz CT molecular complexity index is 547. The Labute approximate surface area is 126 Å². The van der Waals surface area contributed by atoms with Gasteiger partial charge in [-0.25, -0.2) is 4.39 Å². The fourth-order valence-corrected chi connectivity index (χ4v) is 2.36. The van der Waals surface area contributed by atoms with Crippen LogP contribution in [-0.2, 0) is 6.42 Å². The van der Waals surface area contributed by atoms with E-state index in [4.69, 9.17) is 10.5 Å². The number of nitrogens with two attached hydrogens (primary N) is 1. The lowest BCUT2D eigenvalue weighted by atomic mass is 10.0. The Kier molecular flexibility index (Phi) is 5.56. The predicted octanol–water partition coefficient (Wildman–Crippen LogP) is 3.93. The molecule has 0 amide bonds. The van der Waals surface area contributed by atoms with Crippen LogP contribution in [0.2, 0.25) is 0 Å². The lowest BCUT2D eigenvalue weighted by molar-refractivity contribution is 0.297. The molecule has 0 fully saturated rings. The third-order valence-corrected chi connectivity index (χ3v) is 3.90. The summed E-state index contributed by atoms with van der Waals surface area (Å²) < 4.78 is 19.5. The molecule has 0 spiro atoms. The quantitative estimate of drug-likeness (QED) is 0.866. The van der Waals surface area contributed by atoms with Crippen molar-refractivity contribution in [3.05, 3.63) is 64.4 Å². The van der Waals surface area contributed by atoms with E-state index in [2.05, 4.69) is 15.9 Å². The molecular weight excluding hydrogens is 321 g/mol. The molecule has 0 aromatic heterocycles. The molecule has 1 atom stereocenters. The Morgan fingerprint density at radius 3 is 2.60 bits per heavy atom. The summed E-state index contributed by atoms with van der Waals surface area (Å²) in [5.41, 5.74) is 6.95. The fraction of sp³-hybridized carbons (Fsp3) is 0.250. The van der Waals surface area contributed by atoms with Crippen molar-refractivity contribution in [1.82, 2.24) is 0 Å².